The quantitative estimate of drug-likeness (QED) is 0.168. The van der Waals surface area contributed by atoms with Gasteiger partial charge in [-0.25, -0.2) is 14.5 Å². The number of allylic oxidation sites excluding steroid dienone is 2. The molecular formula is C31H45N4O2+. The average Bonchev–Trinajstić information content (AvgIpc) is 2.96. The zero-order valence-corrected chi connectivity index (χ0v) is 23.0. The van der Waals surface area contributed by atoms with Gasteiger partial charge in [-0.15, -0.1) is 0 Å². The number of aliphatic hydroxyl groups is 1. The molecule has 1 unspecified atom stereocenters. The minimum Gasteiger partial charge on any atom is -0.493 e. The molecule has 1 aromatic heterocycles. The van der Waals surface area contributed by atoms with E-state index in [1.165, 1.54) is 29.5 Å². The summed E-state index contributed by atoms with van der Waals surface area (Å²) in [7, 11) is 2.02. The summed E-state index contributed by atoms with van der Waals surface area (Å²) in [6, 6.07) is 8.57. The molecule has 0 radical (unpaired) electrons. The van der Waals surface area contributed by atoms with Gasteiger partial charge in [0.15, 0.2) is 0 Å². The number of anilines is 1. The summed E-state index contributed by atoms with van der Waals surface area (Å²) in [5, 5.41) is 10.7. The molecule has 2 aliphatic rings. The van der Waals surface area contributed by atoms with Crippen molar-refractivity contribution in [3.05, 3.63) is 53.9 Å². The van der Waals surface area contributed by atoms with Crippen molar-refractivity contribution >= 4 is 17.4 Å². The molecule has 1 fully saturated rings. The van der Waals surface area contributed by atoms with E-state index in [0.717, 1.165) is 82.9 Å². The second-order valence-electron chi connectivity index (χ2n) is 10.7. The summed E-state index contributed by atoms with van der Waals surface area (Å²) in [4.78, 5) is 11.4. The van der Waals surface area contributed by atoms with E-state index in [0.29, 0.717) is 11.8 Å². The van der Waals surface area contributed by atoms with Crippen LogP contribution in [0.25, 0.3) is 5.57 Å². The molecule has 2 heterocycles. The SMILES string of the molecule is CCCCC[N+](C)=C(O)C1CC=C(c2ccc(OCC3CCN(c4ncc(CC)cn4)CC3)cc2)CC1. The van der Waals surface area contributed by atoms with Crippen LogP contribution in [0.1, 0.15) is 76.3 Å². The second kappa shape index (κ2) is 13.6. The van der Waals surface area contributed by atoms with Crippen LogP contribution in [0.2, 0.25) is 0 Å². The number of ether oxygens (including phenoxy) is 1. The molecule has 6 nitrogen and oxygen atoms in total. The Hall–Kier alpha value is -2.89. The number of benzene rings is 1. The maximum Gasteiger partial charge on any atom is 0.337 e. The number of unbranched alkanes of at least 4 members (excludes halogenated alkanes) is 2. The van der Waals surface area contributed by atoms with E-state index in [1.807, 2.05) is 24.0 Å². The summed E-state index contributed by atoms with van der Waals surface area (Å²) >= 11 is 0. The lowest BCUT2D eigenvalue weighted by Gasteiger charge is -2.31. The predicted octanol–water partition coefficient (Wildman–Crippen LogP) is 6.31. The molecule has 4 rings (SSSR count). The van der Waals surface area contributed by atoms with Crippen LogP contribution >= 0.6 is 0 Å². The minimum atomic E-state index is 0.242. The molecule has 0 saturated carbocycles. The number of hydrogen-bond donors (Lipinski definition) is 1. The fraction of sp³-hybridized carbons (Fsp3) is 0.581. The first-order valence-electron chi connectivity index (χ1n) is 14.3. The number of aliphatic hydroxyl groups excluding tert-OH is 1. The monoisotopic (exact) mass is 505 g/mol. The molecule has 2 aromatic rings. The van der Waals surface area contributed by atoms with Gasteiger partial charge in [-0.1, -0.05) is 38.5 Å². The van der Waals surface area contributed by atoms with Crippen LogP contribution in [0, 0.1) is 11.8 Å². The lowest BCUT2D eigenvalue weighted by atomic mass is 9.86. The largest absolute Gasteiger partial charge is 0.493 e. The molecule has 1 atom stereocenters. The third kappa shape index (κ3) is 7.56. The van der Waals surface area contributed by atoms with E-state index < -0.39 is 0 Å². The highest BCUT2D eigenvalue weighted by atomic mass is 16.5. The van der Waals surface area contributed by atoms with Crippen LogP contribution in [-0.2, 0) is 6.42 Å². The van der Waals surface area contributed by atoms with Gasteiger partial charge in [-0.05, 0) is 79.7 Å². The van der Waals surface area contributed by atoms with Crippen molar-refractivity contribution in [1.29, 1.82) is 0 Å². The standard InChI is InChI=1S/C31H44N4O2/c1-4-6-7-18-34(3)30(36)28-10-8-26(9-11-28)27-12-14-29(15-13-27)37-23-25-16-19-35(20-17-25)31-32-21-24(5-2)22-33-31/h8,12-15,21-22,25,28H,4-7,9-11,16-20,23H2,1-3H3/p+1. The van der Waals surface area contributed by atoms with Crippen LogP contribution in [0.5, 0.6) is 5.75 Å². The van der Waals surface area contributed by atoms with Gasteiger partial charge in [0.2, 0.25) is 5.95 Å². The molecule has 200 valence electrons. The Morgan fingerprint density at radius 2 is 1.78 bits per heavy atom. The highest BCUT2D eigenvalue weighted by Gasteiger charge is 2.26. The fourth-order valence-corrected chi connectivity index (χ4v) is 5.33. The molecule has 1 aliphatic heterocycles. The molecule has 1 aliphatic carbocycles. The van der Waals surface area contributed by atoms with E-state index in [2.05, 4.69) is 59.1 Å². The van der Waals surface area contributed by atoms with Crippen molar-refractivity contribution < 1.29 is 14.4 Å². The van der Waals surface area contributed by atoms with E-state index in [-0.39, 0.29) is 5.92 Å². The smallest absolute Gasteiger partial charge is 0.337 e. The molecule has 0 spiro atoms. The Bertz CT molecular complexity index is 1040. The van der Waals surface area contributed by atoms with Crippen LogP contribution in [-0.4, -0.2) is 58.8 Å². The highest BCUT2D eigenvalue weighted by molar-refractivity contribution is 5.75. The van der Waals surface area contributed by atoms with Crippen LogP contribution in [0.3, 0.4) is 0 Å². The van der Waals surface area contributed by atoms with Gasteiger partial charge < -0.3 is 14.7 Å². The maximum absolute atomic E-state index is 10.7. The average molecular weight is 506 g/mol. The third-order valence-corrected chi connectivity index (χ3v) is 7.97. The normalized spacial score (nSPS) is 19.4. The van der Waals surface area contributed by atoms with Crippen molar-refractivity contribution in [2.45, 2.75) is 71.6 Å². The Morgan fingerprint density at radius 3 is 2.41 bits per heavy atom. The first-order chi connectivity index (χ1) is 18.1. The third-order valence-electron chi connectivity index (χ3n) is 7.97. The summed E-state index contributed by atoms with van der Waals surface area (Å²) in [5.41, 5.74) is 3.83. The summed E-state index contributed by atoms with van der Waals surface area (Å²) in [5.74, 6) is 3.16. The van der Waals surface area contributed by atoms with E-state index in [1.54, 1.807) is 0 Å². The predicted molar refractivity (Wildman–Crippen MR) is 152 cm³/mol. The second-order valence-corrected chi connectivity index (χ2v) is 10.7. The lowest BCUT2D eigenvalue weighted by molar-refractivity contribution is -0.509. The van der Waals surface area contributed by atoms with Crippen molar-refractivity contribution in [3.8, 4) is 5.75 Å². The first kappa shape index (κ1) is 27.2. The Kier molecular flexibility index (Phi) is 9.98. The van der Waals surface area contributed by atoms with Crippen LogP contribution in [0.15, 0.2) is 42.7 Å². The molecule has 0 bridgehead atoms. The fourth-order valence-electron chi connectivity index (χ4n) is 5.33. The zero-order valence-electron chi connectivity index (χ0n) is 23.0. The summed E-state index contributed by atoms with van der Waals surface area (Å²) in [6.45, 7) is 8.00. The number of hydrogen-bond acceptors (Lipinski definition) is 4. The van der Waals surface area contributed by atoms with Crippen molar-refractivity contribution in [1.82, 2.24) is 9.97 Å². The number of rotatable bonds is 11. The summed E-state index contributed by atoms with van der Waals surface area (Å²) < 4.78 is 8.21. The number of piperidine rings is 1. The molecule has 0 amide bonds. The Labute approximate surface area is 223 Å². The molecule has 1 aromatic carbocycles. The van der Waals surface area contributed by atoms with Gasteiger partial charge in [0.1, 0.15) is 19.3 Å². The topological polar surface area (TPSA) is 61.5 Å². The van der Waals surface area contributed by atoms with Crippen LogP contribution < -0.4 is 9.64 Å². The van der Waals surface area contributed by atoms with Crippen molar-refractivity contribution in [3.63, 3.8) is 0 Å². The van der Waals surface area contributed by atoms with Crippen LogP contribution in [0.4, 0.5) is 5.95 Å². The molecule has 37 heavy (non-hydrogen) atoms. The van der Waals surface area contributed by atoms with Gasteiger partial charge in [-0.3, -0.25) is 0 Å². The Balaban J connectivity index is 1.22. The molecule has 1 N–H and O–H groups in total. The number of aromatic nitrogens is 2. The van der Waals surface area contributed by atoms with E-state index in [4.69, 9.17) is 4.74 Å². The van der Waals surface area contributed by atoms with Gasteiger partial charge in [0.05, 0.1) is 12.5 Å². The first-order valence-corrected chi connectivity index (χ1v) is 14.3. The lowest BCUT2D eigenvalue weighted by Crippen LogP contribution is -2.36. The van der Waals surface area contributed by atoms with E-state index >= 15 is 0 Å². The molecular weight excluding hydrogens is 460 g/mol. The minimum absolute atomic E-state index is 0.242. The van der Waals surface area contributed by atoms with Crippen molar-refractivity contribution in [2.75, 3.05) is 38.2 Å². The molecule has 1 saturated heterocycles. The van der Waals surface area contributed by atoms with Gasteiger partial charge in [0.25, 0.3) is 0 Å². The number of nitrogens with zero attached hydrogens (tertiary/aromatic N) is 4. The summed E-state index contributed by atoms with van der Waals surface area (Å²) in [6.07, 6.45) is 15.8. The number of aryl methyl sites for hydroxylation is 1. The molecule has 6 heteroatoms. The van der Waals surface area contributed by atoms with Gasteiger partial charge in [0, 0.05) is 31.9 Å². The van der Waals surface area contributed by atoms with E-state index in [9.17, 15) is 5.11 Å². The van der Waals surface area contributed by atoms with Gasteiger partial charge in [-0.2, -0.15) is 0 Å². The zero-order chi connectivity index (χ0) is 26.0. The Morgan fingerprint density at radius 1 is 1.05 bits per heavy atom. The van der Waals surface area contributed by atoms with Gasteiger partial charge >= 0.3 is 5.90 Å². The maximum atomic E-state index is 10.7. The highest BCUT2D eigenvalue weighted by Crippen LogP contribution is 2.31. The van der Waals surface area contributed by atoms with Crippen molar-refractivity contribution in [2.24, 2.45) is 11.8 Å².